The van der Waals surface area contributed by atoms with Gasteiger partial charge in [-0.1, -0.05) is 0 Å². The first-order valence-electron chi connectivity index (χ1n) is 6.82. The number of ether oxygens (including phenoxy) is 1. The largest absolute Gasteiger partial charge is 0.573 e. The molecule has 0 spiro atoms. The summed E-state index contributed by atoms with van der Waals surface area (Å²) in [6, 6.07) is 7.08. The van der Waals surface area contributed by atoms with Crippen LogP contribution in [0.2, 0.25) is 0 Å². The molecule has 0 amide bonds. The van der Waals surface area contributed by atoms with Crippen LogP contribution in [0.25, 0.3) is 0 Å². The molecule has 6 nitrogen and oxygen atoms in total. The van der Waals surface area contributed by atoms with E-state index in [4.69, 9.17) is 5.73 Å². The number of aryl methyl sites for hydroxylation is 1. The second-order valence-electron chi connectivity index (χ2n) is 4.59. The molecular weight excluding hydrogens is 438 g/mol. The van der Waals surface area contributed by atoms with Gasteiger partial charge in [0.25, 0.3) is 0 Å². The third kappa shape index (κ3) is 7.53. The Hall–Kier alpha value is -1.98. The highest BCUT2D eigenvalue weighted by Crippen LogP contribution is 2.23. The molecule has 0 saturated carbocycles. The van der Waals surface area contributed by atoms with Crippen molar-refractivity contribution in [2.24, 2.45) is 10.7 Å². The maximum atomic E-state index is 12.0. The molecule has 0 aliphatic heterocycles. The van der Waals surface area contributed by atoms with E-state index in [0.717, 1.165) is 13.0 Å². The SMILES string of the molecule is I.NC(=NCCCn1cccn1)Nc1ccc(OC(F)(F)F)cc1. The van der Waals surface area contributed by atoms with E-state index in [0.29, 0.717) is 12.2 Å². The van der Waals surface area contributed by atoms with Crippen molar-refractivity contribution in [3.05, 3.63) is 42.7 Å². The Labute approximate surface area is 153 Å². The van der Waals surface area contributed by atoms with Gasteiger partial charge in [-0.2, -0.15) is 5.10 Å². The third-order valence-electron chi connectivity index (χ3n) is 2.75. The summed E-state index contributed by atoms with van der Waals surface area (Å²) in [6.45, 7) is 1.24. The summed E-state index contributed by atoms with van der Waals surface area (Å²) in [4.78, 5) is 4.13. The van der Waals surface area contributed by atoms with Gasteiger partial charge in [-0.25, -0.2) is 0 Å². The molecule has 0 bridgehead atoms. The van der Waals surface area contributed by atoms with E-state index < -0.39 is 6.36 Å². The maximum absolute atomic E-state index is 12.0. The number of guanidine groups is 1. The van der Waals surface area contributed by atoms with Crippen LogP contribution in [0, 0.1) is 0 Å². The second kappa shape index (κ2) is 9.35. The Kier molecular flexibility index (Phi) is 7.82. The average molecular weight is 455 g/mol. The van der Waals surface area contributed by atoms with Gasteiger partial charge in [0.1, 0.15) is 5.75 Å². The zero-order valence-electron chi connectivity index (χ0n) is 12.5. The minimum atomic E-state index is -4.70. The lowest BCUT2D eigenvalue weighted by atomic mass is 10.3. The molecule has 1 heterocycles. The minimum Gasteiger partial charge on any atom is -0.406 e. The van der Waals surface area contributed by atoms with Crippen LogP contribution in [0.15, 0.2) is 47.7 Å². The molecule has 132 valence electrons. The number of halogens is 4. The van der Waals surface area contributed by atoms with Crippen molar-refractivity contribution >= 4 is 35.6 Å². The van der Waals surface area contributed by atoms with Gasteiger partial charge in [0.2, 0.25) is 0 Å². The highest BCUT2D eigenvalue weighted by molar-refractivity contribution is 14.0. The third-order valence-corrected chi connectivity index (χ3v) is 2.75. The molecular formula is C14H17F3IN5O. The van der Waals surface area contributed by atoms with E-state index in [9.17, 15) is 13.2 Å². The molecule has 0 saturated heterocycles. The monoisotopic (exact) mass is 455 g/mol. The Bertz CT molecular complexity index is 629. The van der Waals surface area contributed by atoms with E-state index in [-0.39, 0.29) is 35.7 Å². The van der Waals surface area contributed by atoms with Crippen molar-refractivity contribution in [1.29, 1.82) is 0 Å². The fourth-order valence-electron chi connectivity index (χ4n) is 1.79. The van der Waals surface area contributed by atoms with E-state index in [1.165, 1.54) is 24.3 Å². The number of nitrogens with one attached hydrogen (secondary N) is 1. The summed E-state index contributed by atoms with van der Waals surface area (Å²) in [6.07, 6.45) is -0.381. The number of aliphatic imine (C=N–C) groups is 1. The smallest absolute Gasteiger partial charge is 0.406 e. The van der Waals surface area contributed by atoms with Gasteiger partial charge in [0, 0.05) is 31.2 Å². The minimum absolute atomic E-state index is 0. The molecule has 2 rings (SSSR count). The number of benzene rings is 1. The molecule has 0 aliphatic carbocycles. The second-order valence-corrected chi connectivity index (χ2v) is 4.59. The van der Waals surface area contributed by atoms with Crippen LogP contribution in [-0.4, -0.2) is 28.6 Å². The Balaban J connectivity index is 0.00000288. The first kappa shape index (κ1) is 20.1. The molecule has 3 N–H and O–H groups in total. The van der Waals surface area contributed by atoms with Crippen LogP contribution >= 0.6 is 24.0 Å². The quantitative estimate of drug-likeness (QED) is 0.304. The van der Waals surface area contributed by atoms with E-state index in [1.807, 2.05) is 12.3 Å². The van der Waals surface area contributed by atoms with Crippen LogP contribution in [0.1, 0.15) is 6.42 Å². The normalized spacial score (nSPS) is 11.7. The summed E-state index contributed by atoms with van der Waals surface area (Å²) in [7, 11) is 0. The molecule has 2 aromatic rings. The maximum Gasteiger partial charge on any atom is 0.573 e. The standard InChI is InChI=1S/C14H16F3N5O.HI/c15-14(16,17)23-12-5-3-11(4-6-12)21-13(18)19-7-1-9-22-10-2-8-20-22;/h2-6,8,10H,1,7,9H2,(H3,18,19,21);1H. The lowest BCUT2D eigenvalue weighted by molar-refractivity contribution is -0.274. The number of alkyl halides is 3. The molecule has 1 aromatic carbocycles. The molecule has 0 fully saturated rings. The van der Waals surface area contributed by atoms with Gasteiger partial charge in [-0.15, -0.1) is 37.1 Å². The molecule has 1 aromatic heterocycles. The predicted octanol–water partition coefficient (Wildman–Crippen LogP) is 3.22. The Morgan fingerprint density at radius 1 is 1.29 bits per heavy atom. The summed E-state index contributed by atoms with van der Waals surface area (Å²) in [5, 5.41) is 6.86. The van der Waals surface area contributed by atoms with Gasteiger partial charge in [-0.3, -0.25) is 9.67 Å². The first-order chi connectivity index (χ1) is 10.9. The first-order valence-corrected chi connectivity index (χ1v) is 6.82. The molecule has 0 radical (unpaired) electrons. The summed E-state index contributed by atoms with van der Waals surface area (Å²) >= 11 is 0. The van der Waals surface area contributed by atoms with E-state index in [2.05, 4.69) is 20.1 Å². The lowest BCUT2D eigenvalue weighted by Gasteiger charge is -2.10. The van der Waals surface area contributed by atoms with E-state index >= 15 is 0 Å². The number of rotatable bonds is 6. The molecule has 10 heteroatoms. The molecule has 0 unspecified atom stereocenters. The van der Waals surface area contributed by atoms with Gasteiger partial charge >= 0.3 is 6.36 Å². The van der Waals surface area contributed by atoms with Crippen molar-refractivity contribution in [3.8, 4) is 5.75 Å². The summed E-state index contributed by atoms with van der Waals surface area (Å²) in [5.41, 5.74) is 6.23. The number of hydrogen-bond donors (Lipinski definition) is 2. The lowest BCUT2D eigenvalue weighted by Crippen LogP contribution is -2.23. The van der Waals surface area contributed by atoms with Crippen LogP contribution in [0.3, 0.4) is 0 Å². The summed E-state index contributed by atoms with van der Waals surface area (Å²) < 4.78 is 41.7. The highest BCUT2D eigenvalue weighted by Gasteiger charge is 2.30. The fraction of sp³-hybridized carbons (Fsp3) is 0.286. The number of anilines is 1. The van der Waals surface area contributed by atoms with Crippen LogP contribution in [0.4, 0.5) is 18.9 Å². The van der Waals surface area contributed by atoms with Crippen LogP contribution in [-0.2, 0) is 6.54 Å². The van der Waals surface area contributed by atoms with Crippen LogP contribution in [0.5, 0.6) is 5.75 Å². The van der Waals surface area contributed by atoms with Crippen LogP contribution < -0.4 is 15.8 Å². The fourth-order valence-corrected chi connectivity index (χ4v) is 1.79. The van der Waals surface area contributed by atoms with Crippen molar-refractivity contribution in [2.75, 3.05) is 11.9 Å². The topological polar surface area (TPSA) is 77.5 Å². The number of nitrogens with zero attached hydrogens (tertiary/aromatic N) is 3. The Morgan fingerprint density at radius 2 is 2.00 bits per heavy atom. The van der Waals surface area contributed by atoms with Crippen molar-refractivity contribution in [3.63, 3.8) is 0 Å². The van der Waals surface area contributed by atoms with E-state index in [1.54, 1.807) is 10.9 Å². The number of hydrogen-bond acceptors (Lipinski definition) is 3. The van der Waals surface area contributed by atoms with Crippen molar-refractivity contribution < 1.29 is 17.9 Å². The Morgan fingerprint density at radius 3 is 2.58 bits per heavy atom. The van der Waals surface area contributed by atoms with Crippen molar-refractivity contribution in [2.45, 2.75) is 19.3 Å². The van der Waals surface area contributed by atoms with Crippen molar-refractivity contribution in [1.82, 2.24) is 9.78 Å². The highest BCUT2D eigenvalue weighted by atomic mass is 127. The number of nitrogens with two attached hydrogens (primary N) is 1. The molecule has 24 heavy (non-hydrogen) atoms. The van der Waals surface area contributed by atoms with Gasteiger partial charge in [0.05, 0.1) is 0 Å². The zero-order chi connectivity index (χ0) is 16.7. The van der Waals surface area contributed by atoms with Gasteiger partial charge in [-0.05, 0) is 36.8 Å². The molecule has 0 aliphatic rings. The zero-order valence-corrected chi connectivity index (χ0v) is 14.9. The summed E-state index contributed by atoms with van der Waals surface area (Å²) in [5.74, 6) is -0.104. The number of aromatic nitrogens is 2. The average Bonchev–Trinajstić information content (AvgIpc) is 2.97. The predicted molar refractivity (Wildman–Crippen MR) is 95.5 cm³/mol. The van der Waals surface area contributed by atoms with Gasteiger partial charge < -0.3 is 15.8 Å². The van der Waals surface area contributed by atoms with Gasteiger partial charge in [0.15, 0.2) is 5.96 Å². The molecule has 0 atom stereocenters.